The van der Waals surface area contributed by atoms with Crippen LogP contribution in [0.15, 0.2) is 42.5 Å². The van der Waals surface area contributed by atoms with E-state index in [-0.39, 0.29) is 30.5 Å². The second-order valence-electron chi connectivity index (χ2n) is 5.39. The fraction of sp³-hybridized carbons (Fsp3) is 0.278. The monoisotopic (exact) mass is 360 g/mol. The maximum Gasteiger partial charge on any atom is 0.313 e. The first kappa shape index (κ1) is 18.8. The zero-order valence-corrected chi connectivity index (χ0v) is 14.5. The summed E-state index contributed by atoms with van der Waals surface area (Å²) in [4.78, 5) is 34.1. The quantitative estimate of drug-likeness (QED) is 0.588. The third kappa shape index (κ3) is 6.46. The number of benzene rings is 2. The summed E-state index contributed by atoms with van der Waals surface area (Å²) in [6, 6.07) is 13.7. The van der Waals surface area contributed by atoms with Crippen LogP contribution in [0.2, 0.25) is 0 Å². The molecule has 0 unspecified atom stereocenters. The van der Waals surface area contributed by atoms with E-state index in [4.69, 9.17) is 5.11 Å². The lowest BCUT2D eigenvalue weighted by Crippen LogP contribution is -2.38. The normalized spacial score (nSPS) is 10.4. The zero-order valence-electron chi connectivity index (χ0n) is 13.7. The van der Waals surface area contributed by atoms with Crippen molar-refractivity contribution in [3.05, 3.63) is 48.0 Å². The molecule has 132 valence electrons. The van der Waals surface area contributed by atoms with Gasteiger partial charge in [0.05, 0.1) is 18.7 Å². The first-order chi connectivity index (χ1) is 12.1. The lowest BCUT2D eigenvalue weighted by Gasteiger charge is -2.08. The number of carbonyl (C=O) groups is 3. The molecular formula is C18H20N2O4S. The molecule has 0 atom stereocenters. The number of fused-ring (bicyclic) bond motifs is 1. The maximum absolute atomic E-state index is 12.1. The third-order valence-corrected chi connectivity index (χ3v) is 4.42. The van der Waals surface area contributed by atoms with Crippen LogP contribution in [-0.4, -0.2) is 47.5 Å². The minimum Gasteiger partial charge on any atom is -0.481 e. The Bertz CT molecular complexity index is 758. The van der Waals surface area contributed by atoms with E-state index in [1.54, 1.807) is 0 Å². The van der Waals surface area contributed by atoms with E-state index < -0.39 is 5.97 Å². The number of carboxylic acid groups (broad SMARTS) is 1. The number of thioether (sulfide) groups is 1. The van der Waals surface area contributed by atoms with E-state index in [0.717, 1.165) is 16.3 Å². The Balaban J connectivity index is 1.73. The van der Waals surface area contributed by atoms with Gasteiger partial charge in [0, 0.05) is 12.3 Å². The molecule has 0 bridgehead atoms. The van der Waals surface area contributed by atoms with Crippen molar-refractivity contribution in [2.45, 2.75) is 6.42 Å². The van der Waals surface area contributed by atoms with E-state index >= 15 is 0 Å². The summed E-state index contributed by atoms with van der Waals surface area (Å²) in [5.41, 5.74) is 0.918. The standard InChI is InChI=1S/C18H20N2O4S/c21-16(20-11-17(22)19-8-9-25-12-18(23)24)10-14-6-3-5-13-4-1-2-7-15(13)14/h1-7H,8-12H2,(H,19,22)(H,20,21)(H,23,24). The van der Waals surface area contributed by atoms with E-state index in [0.29, 0.717) is 12.3 Å². The van der Waals surface area contributed by atoms with Gasteiger partial charge in [-0.15, -0.1) is 11.8 Å². The number of carboxylic acids is 1. The van der Waals surface area contributed by atoms with Gasteiger partial charge in [0.25, 0.3) is 0 Å². The smallest absolute Gasteiger partial charge is 0.313 e. The molecule has 6 nitrogen and oxygen atoms in total. The Morgan fingerprint density at radius 1 is 0.960 bits per heavy atom. The SMILES string of the molecule is O=C(O)CSCCNC(=O)CNC(=O)Cc1cccc2ccccc12. The van der Waals surface area contributed by atoms with Gasteiger partial charge in [-0.05, 0) is 16.3 Å². The maximum atomic E-state index is 12.1. The molecule has 0 fully saturated rings. The Kier molecular flexibility index (Phi) is 7.28. The van der Waals surface area contributed by atoms with E-state index in [1.807, 2.05) is 42.5 Å². The van der Waals surface area contributed by atoms with Gasteiger partial charge in [0.2, 0.25) is 11.8 Å². The Morgan fingerprint density at radius 3 is 2.52 bits per heavy atom. The van der Waals surface area contributed by atoms with Gasteiger partial charge in [0.1, 0.15) is 0 Å². The van der Waals surface area contributed by atoms with E-state index in [2.05, 4.69) is 10.6 Å². The molecule has 2 amide bonds. The molecule has 0 aliphatic heterocycles. The van der Waals surface area contributed by atoms with Crippen LogP contribution in [0, 0.1) is 0 Å². The molecule has 2 rings (SSSR count). The van der Waals surface area contributed by atoms with Crippen molar-refractivity contribution < 1.29 is 19.5 Å². The largest absolute Gasteiger partial charge is 0.481 e. The van der Waals surface area contributed by atoms with Crippen LogP contribution in [-0.2, 0) is 20.8 Å². The number of aliphatic carboxylic acids is 1. The van der Waals surface area contributed by atoms with Gasteiger partial charge in [-0.2, -0.15) is 0 Å². The van der Waals surface area contributed by atoms with E-state index in [1.165, 1.54) is 11.8 Å². The van der Waals surface area contributed by atoms with Crippen molar-refractivity contribution in [3.8, 4) is 0 Å². The summed E-state index contributed by atoms with van der Waals surface area (Å²) in [5.74, 6) is -0.856. The summed E-state index contributed by atoms with van der Waals surface area (Å²) in [6.07, 6.45) is 0.211. The molecule has 0 aromatic heterocycles. The summed E-state index contributed by atoms with van der Waals surface area (Å²) in [6.45, 7) is 0.281. The van der Waals surface area contributed by atoms with Crippen LogP contribution in [0.5, 0.6) is 0 Å². The number of hydrogen-bond acceptors (Lipinski definition) is 4. The Hall–Kier alpha value is -2.54. The molecule has 0 heterocycles. The average Bonchev–Trinajstić information content (AvgIpc) is 2.60. The number of rotatable bonds is 9. The van der Waals surface area contributed by atoms with Crippen LogP contribution in [0.1, 0.15) is 5.56 Å². The number of amides is 2. The van der Waals surface area contributed by atoms with Crippen molar-refractivity contribution >= 4 is 40.3 Å². The number of carbonyl (C=O) groups excluding carboxylic acids is 2. The van der Waals surface area contributed by atoms with Gasteiger partial charge in [0.15, 0.2) is 0 Å². The highest BCUT2D eigenvalue weighted by atomic mass is 32.2. The van der Waals surface area contributed by atoms with Crippen LogP contribution in [0.4, 0.5) is 0 Å². The summed E-state index contributed by atoms with van der Waals surface area (Å²) >= 11 is 1.23. The lowest BCUT2D eigenvalue weighted by molar-refractivity contribution is -0.134. The summed E-state index contributed by atoms with van der Waals surface area (Å²) in [5, 5.41) is 15.8. The third-order valence-electron chi connectivity index (χ3n) is 3.47. The van der Waals surface area contributed by atoms with Crippen LogP contribution < -0.4 is 10.6 Å². The van der Waals surface area contributed by atoms with Crippen LogP contribution >= 0.6 is 11.8 Å². The van der Waals surface area contributed by atoms with Crippen LogP contribution in [0.25, 0.3) is 10.8 Å². The summed E-state index contributed by atoms with van der Waals surface area (Å²) < 4.78 is 0. The van der Waals surface area contributed by atoms with E-state index in [9.17, 15) is 14.4 Å². The molecule has 0 aliphatic rings. The second-order valence-corrected chi connectivity index (χ2v) is 6.49. The molecule has 3 N–H and O–H groups in total. The zero-order chi connectivity index (χ0) is 18.1. The Morgan fingerprint density at radius 2 is 1.72 bits per heavy atom. The molecule has 0 saturated heterocycles. The van der Waals surface area contributed by atoms with Crippen molar-refractivity contribution in [1.82, 2.24) is 10.6 Å². The molecule has 25 heavy (non-hydrogen) atoms. The highest BCUT2D eigenvalue weighted by Crippen LogP contribution is 2.18. The van der Waals surface area contributed by atoms with Gasteiger partial charge < -0.3 is 15.7 Å². The average molecular weight is 360 g/mol. The van der Waals surface area contributed by atoms with Gasteiger partial charge in [-0.1, -0.05) is 42.5 Å². The molecule has 0 spiro atoms. The predicted molar refractivity (Wildman–Crippen MR) is 98.6 cm³/mol. The Labute approximate surface area is 150 Å². The lowest BCUT2D eigenvalue weighted by atomic mass is 10.0. The molecule has 2 aromatic carbocycles. The predicted octanol–water partition coefficient (Wildman–Crippen LogP) is 1.43. The number of hydrogen-bond donors (Lipinski definition) is 3. The van der Waals surface area contributed by atoms with Gasteiger partial charge >= 0.3 is 5.97 Å². The van der Waals surface area contributed by atoms with Crippen molar-refractivity contribution in [3.63, 3.8) is 0 Å². The molecular weight excluding hydrogens is 340 g/mol. The van der Waals surface area contributed by atoms with Crippen molar-refractivity contribution in [2.24, 2.45) is 0 Å². The fourth-order valence-corrected chi connectivity index (χ4v) is 2.91. The molecule has 7 heteroatoms. The fourth-order valence-electron chi connectivity index (χ4n) is 2.35. The second kappa shape index (κ2) is 9.68. The minimum absolute atomic E-state index is 0.0115. The number of nitrogens with one attached hydrogen (secondary N) is 2. The van der Waals surface area contributed by atoms with Crippen LogP contribution in [0.3, 0.4) is 0 Å². The van der Waals surface area contributed by atoms with Gasteiger partial charge in [-0.3, -0.25) is 14.4 Å². The summed E-state index contributed by atoms with van der Waals surface area (Å²) in [7, 11) is 0. The van der Waals surface area contributed by atoms with Crippen molar-refractivity contribution in [1.29, 1.82) is 0 Å². The first-order valence-corrected chi connectivity index (χ1v) is 9.01. The first-order valence-electron chi connectivity index (χ1n) is 7.86. The van der Waals surface area contributed by atoms with Crippen molar-refractivity contribution in [2.75, 3.05) is 24.6 Å². The molecule has 0 radical (unpaired) electrons. The minimum atomic E-state index is -0.878. The highest BCUT2D eigenvalue weighted by Gasteiger charge is 2.08. The molecule has 2 aromatic rings. The topological polar surface area (TPSA) is 95.5 Å². The highest BCUT2D eigenvalue weighted by molar-refractivity contribution is 7.99. The molecule has 0 aliphatic carbocycles. The van der Waals surface area contributed by atoms with Gasteiger partial charge in [-0.25, -0.2) is 0 Å². The molecule has 0 saturated carbocycles.